The lowest BCUT2D eigenvalue weighted by Crippen LogP contribution is -2.39. The summed E-state index contributed by atoms with van der Waals surface area (Å²) in [5, 5.41) is 0.876. The van der Waals surface area contributed by atoms with Crippen LogP contribution < -0.4 is 19.1 Å². The largest absolute Gasteiger partial charge is 0.497 e. The summed E-state index contributed by atoms with van der Waals surface area (Å²) in [6, 6.07) is 16.5. The Morgan fingerprint density at radius 3 is 2.59 bits per heavy atom. The van der Waals surface area contributed by atoms with Crippen LogP contribution in [0.5, 0.6) is 17.2 Å². The smallest absolute Gasteiger partial charge is 0.308 e. The molecule has 2 atom stereocenters. The number of benzene rings is 3. The molecule has 0 bridgehead atoms. The predicted octanol–water partition coefficient (Wildman–Crippen LogP) is 7.35. The number of esters is 1. The van der Waals surface area contributed by atoms with Gasteiger partial charge in [-0.05, 0) is 43.3 Å². The van der Waals surface area contributed by atoms with Crippen LogP contribution in [0.2, 0.25) is 10.0 Å². The van der Waals surface area contributed by atoms with Crippen LogP contribution in [-0.4, -0.2) is 44.5 Å². The number of nitrogens with zero attached hydrogens (tertiary/aromatic N) is 1. The van der Waals surface area contributed by atoms with Gasteiger partial charge in [0.25, 0.3) is 0 Å². The second-order valence-corrected chi connectivity index (χ2v) is 10.3. The van der Waals surface area contributed by atoms with Gasteiger partial charge in [0.15, 0.2) is 0 Å². The average Bonchev–Trinajstić information content (AvgIpc) is 3.07. The van der Waals surface area contributed by atoms with Gasteiger partial charge in [0, 0.05) is 33.5 Å². The van der Waals surface area contributed by atoms with E-state index in [1.165, 1.54) is 0 Å². The number of thiocarbonyl (C=S) groups is 1. The highest BCUT2D eigenvalue weighted by molar-refractivity contribution is 7.80. The van der Waals surface area contributed by atoms with Crippen molar-refractivity contribution in [3.05, 3.63) is 94.0 Å². The van der Waals surface area contributed by atoms with E-state index in [9.17, 15) is 4.79 Å². The first-order valence-corrected chi connectivity index (χ1v) is 14.1. The summed E-state index contributed by atoms with van der Waals surface area (Å²) in [6.45, 7) is 6.30. The summed E-state index contributed by atoms with van der Waals surface area (Å²) in [7, 11) is 3.19. The fourth-order valence-corrected chi connectivity index (χ4v) is 5.39. The number of halogens is 2. The fourth-order valence-electron chi connectivity index (χ4n) is 4.62. The summed E-state index contributed by atoms with van der Waals surface area (Å²) in [5.74, 6) is 1.33. The molecule has 1 aliphatic rings. The average molecular weight is 617 g/mol. The molecule has 0 radical (unpaired) electrons. The molecule has 41 heavy (non-hydrogen) atoms. The SMILES string of the molecule is C=CCOc1cccc([C@H]2O[C@H](CC(=O)OCC)C(=S)N(Cc3ccc(OC)cc3OC)c3ccc(Cl)cc32)c1Cl. The summed E-state index contributed by atoms with van der Waals surface area (Å²) in [6.07, 6.45) is -0.00739. The van der Waals surface area contributed by atoms with E-state index < -0.39 is 18.2 Å². The van der Waals surface area contributed by atoms with Crippen molar-refractivity contribution in [2.24, 2.45) is 0 Å². The second-order valence-electron chi connectivity index (χ2n) is 9.08. The number of hydrogen-bond donors (Lipinski definition) is 0. The first-order chi connectivity index (χ1) is 19.8. The predicted molar refractivity (Wildman–Crippen MR) is 165 cm³/mol. The number of rotatable bonds is 11. The lowest BCUT2D eigenvalue weighted by molar-refractivity contribution is -0.145. The van der Waals surface area contributed by atoms with Crippen LogP contribution in [0.1, 0.15) is 36.1 Å². The van der Waals surface area contributed by atoms with Gasteiger partial charge in [-0.3, -0.25) is 4.79 Å². The van der Waals surface area contributed by atoms with Crippen molar-refractivity contribution in [1.82, 2.24) is 0 Å². The van der Waals surface area contributed by atoms with E-state index in [-0.39, 0.29) is 19.6 Å². The highest BCUT2D eigenvalue weighted by Crippen LogP contribution is 2.45. The number of carbonyl (C=O) groups is 1. The topological polar surface area (TPSA) is 66.5 Å². The number of anilines is 1. The molecule has 0 fully saturated rings. The first-order valence-electron chi connectivity index (χ1n) is 13.0. The van der Waals surface area contributed by atoms with Crippen LogP contribution in [0.3, 0.4) is 0 Å². The lowest BCUT2D eigenvalue weighted by Gasteiger charge is -2.28. The third kappa shape index (κ3) is 6.96. The van der Waals surface area contributed by atoms with Gasteiger partial charge in [-0.15, -0.1) is 0 Å². The molecule has 3 aromatic rings. The molecule has 0 aliphatic carbocycles. The third-order valence-electron chi connectivity index (χ3n) is 6.52. The van der Waals surface area contributed by atoms with Gasteiger partial charge < -0.3 is 28.6 Å². The summed E-state index contributed by atoms with van der Waals surface area (Å²) in [4.78, 5) is 15.1. The Hall–Kier alpha value is -3.30. The molecule has 0 N–H and O–H groups in total. The van der Waals surface area contributed by atoms with Crippen LogP contribution >= 0.6 is 35.4 Å². The Morgan fingerprint density at radius 1 is 1.07 bits per heavy atom. The molecule has 1 heterocycles. The Kier molecular flexibility index (Phi) is 10.5. The van der Waals surface area contributed by atoms with E-state index in [0.717, 1.165) is 16.8 Å². The fraction of sp³-hybridized carbons (Fsp3) is 0.290. The van der Waals surface area contributed by atoms with E-state index in [1.807, 2.05) is 47.4 Å². The zero-order valence-electron chi connectivity index (χ0n) is 23.0. The molecule has 10 heteroatoms. The lowest BCUT2D eigenvalue weighted by atomic mass is 9.98. The molecule has 1 aliphatic heterocycles. The van der Waals surface area contributed by atoms with Crippen molar-refractivity contribution in [1.29, 1.82) is 0 Å². The van der Waals surface area contributed by atoms with Crippen molar-refractivity contribution in [2.75, 3.05) is 32.3 Å². The molecular formula is C31H31Cl2NO6S. The van der Waals surface area contributed by atoms with Gasteiger partial charge in [0.05, 0.1) is 38.8 Å². The molecule has 3 aromatic carbocycles. The highest BCUT2D eigenvalue weighted by atomic mass is 35.5. The van der Waals surface area contributed by atoms with Crippen LogP contribution in [0.25, 0.3) is 0 Å². The van der Waals surface area contributed by atoms with Crippen LogP contribution in [0, 0.1) is 0 Å². The molecule has 0 spiro atoms. The van der Waals surface area contributed by atoms with E-state index in [0.29, 0.717) is 44.4 Å². The molecule has 0 aromatic heterocycles. The molecule has 4 rings (SSSR count). The maximum atomic E-state index is 12.7. The van der Waals surface area contributed by atoms with Gasteiger partial charge in [-0.2, -0.15) is 0 Å². The van der Waals surface area contributed by atoms with Crippen molar-refractivity contribution < 1.29 is 28.5 Å². The maximum absolute atomic E-state index is 12.7. The zero-order chi connectivity index (χ0) is 29.5. The number of fused-ring (bicyclic) bond motifs is 1. The van der Waals surface area contributed by atoms with E-state index in [1.54, 1.807) is 39.4 Å². The Balaban J connectivity index is 1.87. The monoisotopic (exact) mass is 615 g/mol. The molecule has 0 amide bonds. The Bertz CT molecular complexity index is 1430. The quantitative estimate of drug-likeness (QED) is 0.126. The van der Waals surface area contributed by atoms with Crippen molar-refractivity contribution >= 4 is 52.1 Å². The minimum absolute atomic E-state index is 0.0918. The first kappa shape index (κ1) is 30.7. The van der Waals surface area contributed by atoms with Gasteiger partial charge in [0.1, 0.15) is 41.1 Å². The van der Waals surface area contributed by atoms with Crippen molar-refractivity contribution in [2.45, 2.75) is 32.1 Å². The van der Waals surface area contributed by atoms with Crippen molar-refractivity contribution in [3.8, 4) is 17.2 Å². The van der Waals surface area contributed by atoms with E-state index in [2.05, 4.69) is 6.58 Å². The Morgan fingerprint density at radius 2 is 1.88 bits per heavy atom. The third-order valence-corrected chi connectivity index (χ3v) is 7.64. The molecule has 0 saturated heterocycles. The summed E-state index contributed by atoms with van der Waals surface area (Å²) < 4.78 is 28.7. The van der Waals surface area contributed by atoms with E-state index in [4.69, 9.17) is 59.1 Å². The van der Waals surface area contributed by atoms with Gasteiger partial charge in [-0.25, -0.2) is 0 Å². The van der Waals surface area contributed by atoms with Crippen LogP contribution in [-0.2, 0) is 20.8 Å². The maximum Gasteiger partial charge on any atom is 0.308 e. The Labute approximate surface area is 255 Å². The molecule has 7 nitrogen and oxygen atoms in total. The number of ether oxygens (including phenoxy) is 5. The summed E-state index contributed by atoms with van der Waals surface area (Å²) in [5.41, 5.74) is 2.96. The number of carbonyl (C=O) groups excluding carboxylic acids is 1. The van der Waals surface area contributed by atoms with Crippen LogP contribution in [0.4, 0.5) is 5.69 Å². The second kappa shape index (κ2) is 14.0. The molecular weight excluding hydrogens is 585 g/mol. The standard InChI is InChI=1S/C31H31Cl2NO6S/c1-5-14-39-25-9-7-8-22(29(25)33)30-23-15-20(32)11-13-24(23)34(31(41)27(40-30)17-28(35)38-6-2)18-19-10-12-21(36-3)16-26(19)37-4/h5,7-13,15-16,27,30H,1,6,14,17-18H2,2-4H3/t27-,30-/m1/s1. The minimum Gasteiger partial charge on any atom is -0.497 e. The summed E-state index contributed by atoms with van der Waals surface area (Å²) >= 11 is 19.4. The normalized spacial score (nSPS) is 16.4. The zero-order valence-corrected chi connectivity index (χ0v) is 25.4. The molecule has 0 saturated carbocycles. The minimum atomic E-state index is -0.821. The van der Waals surface area contributed by atoms with Crippen LogP contribution in [0.15, 0.2) is 67.3 Å². The highest BCUT2D eigenvalue weighted by Gasteiger charge is 2.37. The number of methoxy groups -OCH3 is 2. The molecule has 0 unspecified atom stereocenters. The van der Waals surface area contributed by atoms with E-state index >= 15 is 0 Å². The van der Waals surface area contributed by atoms with Gasteiger partial charge >= 0.3 is 5.97 Å². The van der Waals surface area contributed by atoms with Gasteiger partial charge in [-0.1, -0.05) is 60.2 Å². The molecule has 216 valence electrons. The van der Waals surface area contributed by atoms with Gasteiger partial charge in [0.2, 0.25) is 0 Å². The van der Waals surface area contributed by atoms with Crippen molar-refractivity contribution in [3.63, 3.8) is 0 Å². The number of hydrogen-bond acceptors (Lipinski definition) is 7.